The summed E-state index contributed by atoms with van der Waals surface area (Å²) < 4.78 is 7.24. The summed E-state index contributed by atoms with van der Waals surface area (Å²) in [6.45, 7) is 5.48. The first-order valence-electron chi connectivity index (χ1n) is 12.0. The van der Waals surface area contributed by atoms with Gasteiger partial charge in [-0.25, -0.2) is 4.98 Å². The first-order chi connectivity index (χ1) is 14.6. The molecule has 1 N–H and O–H groups in total. The van der Waals surface area contributed by atoms with Crippen LogP contribution in [-0.4, -0.2) is 43.7 Å². The van der Waals surface area contributed by atoms with Crippen molar-refractivity contribution in [2.24, 2.45) is 0 Å². The summed E-state index contributed by atoms with van der Waals surface area (Å²) in [6.07, 6.45) is 13.4. The maximum atomic E-state index is 6.28. The van der Waals surface area contributed by atoms with Crippen molar-refractivity contribution < 1.29 is 8.90 Å². The maximum Gasteiger partial charge on any atom is 0.202 e. The van der Waals surface area contributed by atoms with Gasteiger partial charge < -0.3 is 14.2 Å². The van der Waals surface area contributed by atoms with Crippen LogP contribution < -0.4 is 5.32 Å². The molecule has 0 amide bonds. The molecule has 0 aliphatic carbocycles. The number of unbranched alkanes of at least 4 members (excludes halogenated alkanes) is 6. The Kier molecular flexibility index (Phi) is 11.2. The number of benzene rings is 1. The van der Waals surface area contributed by atoms with Gasteiger partial charge in [0.05, 0.1) is 32.8 Å². The third-order valence-electron chi connectivity index (χ3n) is 5.94. The van der Waals surface area contributed by atoms with Crippen molar-refractivity contribution in [2.75, 3.05) is 34.2 Å². The van der Waals surface area contributed by atoms with Crippen molar-refractivity contribution in [1.82, 2.24) is 10.3 Å². The highest BCUT2D eigenvalue weighted by atomic mass is 16.4. The van der Waals surface area contributed by atoms with Crippen LogP contribution in [0.5, 0.6) is 0 Å². The fraction of sp³-hybridized carbons (Fsp3) is 0.654. The molecule has 2 rings (SSSR count). The minimum absolute atomic E-state index is 0.262. The van der Waals surface area contributed by atoms with Gasteiger partial charge in [-0.3, -0.25) is 0 Å². The van der Waals surface area contributed by atoms with Crippen LogP contribution in [-0.2, 0) is 6.54 Å². The summed E-state index contributed by atoms with van der Waals surface area (Å²) in [5.74, 6) is 2.16. The van der Waals surface area contributed by atoms with Gasteiger partial charge in [-0.15, -0.1) is 0 Å². The smallest absolute Gasteiger partial charge is 0.202 e. The molecule has 1 atom stereocenters. The summed E-state index contributed by atoms with van der Waals surface area (Å²) >= 11 is 0. The molecule has 0 saturated heterocycles. The highest BCUT2D eigenvalue weighted by molar-refractivity contribution is 5.24. The van der Waals surface area contributed by atoms with Gasteiger partial charge in [0.25, 0.3) is 0 Å². The Balaban J connectivity index is 1.83. The normalized spacial score (nSPS) is 12.9. The van der Waals surface area contributed by atoms with Gasteiger partial charge in [0.1, 0.15) is 6.54 Å². The Morgan fingerprint density at radius 1 is 0.967 bits per heavy atom. The molecule has 1 aromatic heterocycles. The predicted molar refractivity (Wildman–Crippen MR) is 127 cm³/mol. The van der Waals surface area contributed by atoms with Gasteiger partial charge in [-0.2, -0.15) is 0 Å². The van der Waals surface area contributed by atoms with Gasteiger partial charge in [-0.1, -0.05) is 69.4 Å². The molecule has 0 bridgehead atoms. The molecule has 0 fully saturated rings. The van der Waals surface area contributed by atoms with Crippen LogP contribution in [0.1, 0.15) is 87.8 Å². The Bertz CT molecular complexity index is 681. The summed E-state index contributed by atoms with van der Waals surface area (Å²) in [5.41, 5.74) is 1.31. The van der Waals surface area contributed by atoms with Crippen LogP contribution in [0.4, 0.5) is 0 Å². The number of nitrogens with one attached hydrogen (secondary N) is 1. The molecule has 4 heteroatoms. The standard InChI is InChI=1S/C26H44N3O/c1-5-6-18-25(23-16-12-11-13-17-23)26-28-21-24(30-26)22-29(3,4)20-15-10-8-7-9-14-19-27-2/h11-13,16-17,21,25,27H,5-10,14-15,18-20,22H2,1-4H3/q+1. The van der Waals surface area contributed by atoms with Gasteiger partial charge in [0.15, 0.2) is 5.76 Å². The van der Waals surface area contributed by atoms with Crippen LogP contribution in [0.3, 0.4) is 0 Å². The number of hydrogen-bond acceptors (Lipinski definition) is 3. The van der Waals surface area contributed by atoms with E-state index in [9.17, 15) is 0 Å². The van der Waals surface area contributed by atoms with Crippen molar-refractivity contribution in [3.8, 4) is 0 Å². The van der Waals surface area contributed by atoms with E-state index >= 15 is 0 Å². The van der Waals surface area contributed by atoms with E-state index in [1.807, 2.05) is 13.2 Å². The molecule has 0 aliphatic heterocycles. The molecule has 168 valence electrons. The molecule has 4 nitrogen and oxygen atoms in total. The molecule has 0 spiro atoms. The molecule has 2 aromatic rings. The SMILES string of the molecule is CCCCC(c1ccccc1)c1ncc(C[N+](C)(C)CCCCCCCCNC)o1. The monoisotopic (exact) mass is 414 g/mol. The topological polar surface area (TPSA) is 38.1 Å². The molecule has 1 aromatic carbocycles. The van der Waals surface area contributed by atoms with Crippen LogP contribution in [0.15, 0.2) is 40.9 Å². The Morgan fingerprint density at radius 2 is 1.67 bits per heavy atom. The second kappa shape index (κ2) is 13.6. The van der Waals surface area contributed by atoms with E-state index in [2.05, 4.69) is 56.7 Å². The third kappa shape index (κ3) is 9.01. The number of rotatable bonds is 16. The number of aromatic nitrogens is 1. The first-order valence-corrected chi connectivity index (χ1v) is 12.0. The van der Waals surface area contributed by atoms with Crippen LogP contribution in [0, 0.1) is 0 Å². The molecule has 0 radical (unpaired) electrons. The lowest BCUT2D eigenvalue weighted by Crippen LogP contribution is -2.39. The highest BCUT2D eigenvalue weighted by Crippen LogP contribution is 2.30. The average Bonchev–Trinajstić information content (AvgIpc) is 3.18. The Morgan fingerprint density at radius 3 is 2.37 bits per heavy atom. The van der Waals surface area contributed by atoms with Crippen LogP contribution in [0.2, 0.25) is 0 Å². The minimum atomic E-state index is 0.262. The Labute approximate surface area is 184 Å². The lowest BCUT2D eigenvalue weighted by molar-refractivity contribution is -0.904. The number of oxazole rings is 1. The van der Waals surface area contributed by atoms with Crippen LogP contribution in [0.25, 0.3) is 0 Å². The van der Waals surface area contributed by atoms with Crippen molar-refractivity contribution >= 4 is 0 Å². The lowest BCUT2D eigenvalue weighted by Gasteiger charge is -2.28. The van der Waals surface area contributed by atoms with E-state index in [1.165, 1.54) is 63.5 Å². The van der Waals surface area contributed by atoms with Crippen molar-refractivity contribution in [1.29, 1.82) is 0 Å². The first kappa shape index (κ1) is 24.6. The number of hydrogen-bond donors (Lipinski definition) is 1. The molecule has 0 saturated carbocycles. The zero-order valence-electron chi connectivity index (χ0n) is 19.8. The van der Waals surface area contributed by atoms with Gasteiger partial charge in [-0.05, 0) is 44.8 Å². The molecule has 30 heavy (non-hydrogen) atoms. The molecule has 1 heterocycles. The number of nitrogens with zero attached hydrogens (tertiary/aromatic N) is 2. The fourth-order valence-electron chi connectivity index (χ4n) is 4.13. The molecule has 0 aliphatic rings. The number of quaternary nitrogens is 1. The largest absolute Gasteiger partial charge is 0.439 e. The second-order valence-electron chi connectivity index (χ2n) is 9.31. The van der Waals surface area contributed by atoms with E-state index in [-0.39, 0.29) is 5.92 Å². The zero-order valence-corrected chi connectivity index (χ0v) is 19.8. The van der Waals surface area contributed by atoms with E-state index in [1.54, 1.807) is 0 Å². The second-order valence-corrected chi connectivity index (χ2v) is 9.31. The molecular formula is C26H44N3O+. The van der Waals surface area contributed by atoms with E-state index < -0.39 is 0 Å². The molecule has 1 unspecified atom stereocenters. The van der Waals surface area contributed by atoms with Crippen molar-refractivity contribution in [2.45, 2.75) is 77.2 Å². The third-order valence-corrected chi connectivity index (χ3v) is 5.94. The zero-order chi connectivity index (χ0) is 21.7. The quantitative estimate of drug-likeness (QED) is 0.265. The summed E-state index contributed by atoms with van der Waals surface area (Å²) in [7, 11) is 6.65. The molecular weight excluding hydrogens is 370 g/mol. The van der Waals surface area contributed by atoms with E-state index in [4.69, 9.17) is 9.40 Å². The summed E-state index contributed by atoms with van der Waals surface area (Å²) in [4.78, 5) is 4.69. The summed E-state index contributed by atoms with van der Waals surface area (Å²) in [6, 6.07) is 10.7. The summed E-state index contributed by atoms with van der Waals surface area (Å²) in [5, 5.41) is 3.22. The average molecular weight is 415 g/mol. The van der Waals surface area contributed by atoms with Crippen LogP contribution >= 0.6 is 0 Å². The van der Waals surface area contributed by atoms with Gasteiger partial charge in [0.2, 0.25) is 5.89 Å². The highest BCUT2D eigenvalue weighted by Gasteiger charge is 2.23. The van der Waals surface area contributed by atoms with Gasteiger partial charge in [0, 0.05) is 0 Å². The Hall–Kier alpha value is -1.65. The van der Waals surface area contributed by atoms with E-state index in [0.29, 0.717) is 0 Å². The minimum Gasteiger partial charge on any atom is -0.439 e. The van der Waals surface area contributed by atoms with Gasteiger partial charge >= 0.3 is 0 Å². The predicted octanol–water partition coefficient (Wildman–Crippen LogP) is 6.13. The fourth-order valence-corrected chi connectivity index (χ4v) is 4.13. The van der Waals surface area contributed by atoms with Crippen molar-refractivity contribution in [3.63, 3.8) is 0 Å². The van der Waals surface area contributed by atoms with Crippen molar-refractivity contribution in [3.05, 3.63) is 53.7 Å². The van der Waals surface area contributed by atoms with E-state index in [0.717, 1.165) is 35.6 Å². The lowest BCUT2D eigenvalue weighted by atomic mass is 9.93. The maximum absolute atomic E-state index is 6.28.